The first-order valence-corrected chi connectivity index (χ1v) is 7.75. The molecular formula is C17H16N4O3. The molecule has 1 fully saturated rings. The summed E-state index contributed by atoms with van der Waals surface area (Å²) in [6, 6.07) is 7.33. The van der Waals surface area contributed by atoms with E-state index in [1.54, 1.807) is 24.2 Å². The number of aromatic nitrogens is 3. The number of carbonyl (C=O) groups excluding carboxylic acids is 1. The Morgan fingerprint density at radius 2 is 2.12 bits per heavy atom. The summed E-state index contributed by atoms with van der Waals surface area (Å²) >= 11 is 0. The third kappa shape index (κ3) is 2.52. The number of amides is 1. The molecule has 4 rings (SSSR count). The van der Waals surface area contributed by atoms with Crippen molar-refractivity contribution in [1.29, 1.82) is 0 Å². The Kier molecular flexibility index (Phi) is 3.70. The van der Waals surface area contributed by atoms with Gasteiger partial charge in [-0.25, -0.2) is 0 Å². The Hall–Kier alpha value is -2.80. The molecule has 0 radical (unpaired) electrons. The molecule has 0 unspecified atom stereocenters. The number of pyridine rings is 1. The van der Waals surface area contributed by atoms with Crippen molar-refractivity contribution >= 4 is 16.7 Å². The second-order valence-electron chi connectivity index (χ2n) is 5.66. The Labute approximate surface area is 138 Å². The molecule has 24 heavy (non-hydrogen) atoms. The summed E-state index contributed by atoms with van der Waals surface area (Å²) in [4.78, 5) is 19.1. The first kappa shape index (κ1) is 14.8. The van der Waals surface area contributed by atoms with Gasteiger partial charge in [-0.1, -0.05) is 24.3 Å². The van der Waals surface area contributed by atoms with Gasteiger partial charge in [0.2, 0.25) is 11.8 Å². The number of hydrogen-bond acceptors (Lipinski definition) is 6. The third-order valence-electron chi connectivity index (χ3n) is 4.11. The zero-order valence-electron chi connectivity index (χ0n) is 13.2. The molecule has 1 atom stereocenters. The van der Waals surface area contributed by atoms with Gasteiger partial charge < -0.3 is 14.1 Å². The molecule has 0 saturated carbocycles. The number of fused-ring (bicyclic) bond motifs is 1. The van der Waals surface area contributed by atoms with Crippen molar-refractivity contribution in [3.05, 3.63) is 54.0 Å². The van der Waals surface area contributed by atoms with Crippen molar-refractivity contribution < 1.29 is 13.9 Å². The fourth-order valence-corrected chi connectivity index (χ4v) is 2.94. The maximum absolute atomic E-state index is 13.1. The minimum absolute atomic E-state index is 0.108. The van der Waals surface area contributed by atoms with Crippen molar-refractivity contribution in [3.8, 4) is 0 Å². The number of benzene rings is 1. The van der Waals surface area contributed by atoms with Crippen LogP contribution in [0, 0.1) is 6.92 Å². The van der Waals surface area contributed by atoms with Gasteiger partial charge in [0.25, 0.3) is 5.91 Å². The summed E-state index contributed by atoms with van der Waals surface area (Å²) in [5, 5.41) is 9.72. The molecule has 0 aliphatic carbocycles. The van der Waals surface area contributed by atoms with Crippen LogP contribution in [-0.2, 0) is 4.74 Å². The van der Waals surface area contributed by atoms with Gasteiger partial charge in [0, 0.05) is 31.2 Å². The van der Waals surface area contributed by atoms with E-state index in [1.807, 2.05) is 24.3 Å². The molecule has 1 aromatic carbocycles. The third-order valence-corrected chi connectivity index (χ3v) is 4.11. The smallest absolute Gasteiger partial charge is 0.256 e. The maximum Gasteiger partial charge on any atom is 0.256 e. The molecule has 0 spiro atoms. The van der Waals surface area contributed by atoms with Gasteiger partial charge >= 0.3 is 0 Å². The molecule has 1 amide bonds. The van der Waals surface area contributed by atoms with Gasteiger partial charge in [-0.05, 0) is 5.39 Å². The van der Waals surface area contributed by atoms with E-state index in [4.69, 9.17) is 9.15 Å². The highest BCUT2D eigenvalue weighted by atomic mass is 16.5. The van der Waals surface area contributed by atoms with Gasteiger partial charge in [0.1, 0.15) is 6.04 Å². The van der Waals surface area contributed by atoms with Crippen LogP contribution in [0.25, 0.3) is 10.8 Å². The van der Waals surface area contributed by atoms with Crippen LogP contribution in [0.5, 0.6) is 0 Å². The first-order chi connectivity index (χ1) is 11.7. The maximum atomic E-state index is 13.1. The van der Waals surface area contributed by atoms with Crippen molar-refractivity contribution in [3.63, 3.8) is 0 Å². The molecule has 7 heteroatoms. The first-order valence-electron chi connectivity index (χ1n) is 7.75. The predicted octanol–water partition coefficient (Wildman–Crippen LogP) is 2.14. The van der Waals surface area contributed by atoms with E-state index < -0.39 is 0 Å². The number of carbonyl (C=O) groups is 1. The monoisotopic (exact) mass is 324 g/mol. The highest BCUT2D eigenvalue weighted by Crippen LogP contribution is 2.27. The lowest BCUT2D eigenvalue weighted by Crippen LogP contribution is -2.43. The van der Waals surface area contributed by atoms with Crippen molar-refractivity contribution in [2.24, 2.45) is 0 Å². The van der Waals surface area contributed by atoms with Crippen LogP contribution < -0.4 is 0 Å². The molecule has 7 nitrogen and oxygen atoms in total. The SMILES string of the molecule is Cc1nnc([C@@H]2COCCN2C(=O)c2cncc3ccccc23)o1. The molecule has 0 bridgehead atoms. The average molecular weight is 324 g/mol. The van der Waals surface area contributed by atoms with Gasteiger partial charge in [-0.3, -0.25) is 9.78 Å². The van der Waals surface area contributed by atoms with Crippen LogP contribution in [-0.4, -0.2) is 45.7 Å². The molecule has 1 saturated heterocycles. The number of morpholine rings is 1. The molecule has 0 N–H and O–H groups in total. The minimum atomic E-state index is -0.383. The van der Waals surface area contributed by atoms with E-state index in [0.717, 1.165) is 10.8 Å². The number of nitrogens with zero attached hydrogens (tertiary/aromatic N) is 4. The van der Waals surface area contributed by atoms with Crippen molar-refractivity contribution in [2.75, 3.05) is 19.8 Å². The molecule has 2 aromatic heterocycles. The fraction of sp³-hybridized carbons (Fsp3) is 0.294. The predicted molar refractivity (Wildman–Crippen MR) is 85.4 cm³/mol. The standard InChI is InChI=1S/C17H16N4O3/c1-11-19-20-16(24-11)15-10-23-7-6-21(15)17(22)14-9-18-8-12-4-2-3-5-13(12)14/h2-5,8-9,15H,6-7,10H2,1H3/t15-/m0/s1. The van der Waals surface area contributed by atoms with Gasteiger partial charge in [0.05, 0.1) is 18.8 Å². The van der Waals surface area contributed by atoms with E-state index in [9.17, 15) is 4.79 Å². The van der Waals surface area contributed by atoms with Crippen molar-refractivity contribution in [2.45, 2.75) is 13.0 Å². The summed E-state index contributed by atoms with van der Waals surface area (Å²) in [6.07, 6.45) is 3.36. The molecule has 1 aliphatic rings. The Morgan fingerprint density at radius 1 is 1.25 bits per heavy atom. The summed E-state index contributed by atoms with van der Waals surface area (Å²) in [7, 11) is 0. The zero-order valence-corrected chi connectivity index (χ0v) is 13.2. The van der Waals surface area contributed by atoms with Crippen LogP contribution in [0.15, 0.2) is 41.1 Å². The van der Waals surface area contributed by atoms with Crippen LogP contribution in [0.3, 0.4) is 0 Å². The minimum Gasteiger partial charge on any atom is -0.423 e. The Balaban J connectivity index is 1.73. The summed E-state index contributed by atoms with van der Waals surface area (Å²) in [5.41, 5.74) is 0.566. The van der Waals surface area contributed by atoms with E-state index in [2.05, 4.69) is 15.2 Å². The largest absolute Gasteiger partial charge is 0.423 e. The summed E-state index contributed by atoms with van der Waals surface area (Å²) in [5.74, 6) is 0.756. The lowest BCUT2D eigenvalue weighted by atomic mass is 10.1. The molecular weight excluding hydrogens is 308 g/mol. The van der Waals surface area contributed by atoms with Gasteiger partial charge in [-0.15, -0.1) is 10.2 Å². The Bertz CT molecular complexity index is 887. The van der Waals surface area contributed by atoms with Gasteiger partial charge in [0.15, 0.2) is 0 Å². The second-order valence-corrected chi connectivity index (χ2v) is 5.66. The zero-order chi connectivity index (χ0) is 16.5. The summed E-state index contributed by atoms with van der Waals surface area (Å²) in [6.45, 7) is 3.01. The van der Waals surface area contributed by atoms with E-state index in [-0.39, 0.29) is 11.9 Å². The molecule has 1 aliphatic heterocycles. The summed E-state index contributed by atoms with van der Waals surface area (Å²) < 4.78 is 11.0. The topological polar surface area (TPSA) is 81.4 Å². The highest BCUT2D eigenvalue weighted by molar-refractivity contribution is 6.06. The number of hydrogen-bond donors (Lipinski definition) is 0. The van der Waals surface area contributed by atoms with E-state index >= 15 is 0 Å². The molecule has 3 aromatic rings. The fourth-order valence-electron chi connectivity index (χ4n) is 2.94. The average Bonchev–Trinajstić information content (AvgIpc) is 3.07. The number of aryl methyl sites for hydroxylation is 1. The number of ether oxygens (including phenoxy) is 1. The lowest BCUT2D eigenvalue weighted by molar-refractivity contribution is -0.0105. The van der Waals surface area contributed by atoms with Crippen molar-refractivity contribution in [1.82, 2.24) is 20.1 Å². The second kappa shape index (κ2) is 6.01. The normalized spacial score (nSPS) is 18.0. The van der Waals surface area contributed by atoms with Crippen LogP contribution in [0.2, 0.25) is 0 Å². The highest BCUT2D eigenvalue weighted by Gasteiger charge is 2.33. The number of rotatable bonds is 2. The van der Waals surface area contributed by atoms with Gasteiger partial charge in [-0.2, -0.15) is 0 Å². The molecule has 3 heterocycles. The van der Waals surface area contributed by atoms with E-state index in [1.165, 1.54) is 0 Å². The Morgan fingerprint density at radius 3 is 2.96 bits per heavy atom. The van der Waals surface area contributed by atoms with Crippen LogP contribution >= 0.6 is 0 Å². The quantitative estimate of drug-likeness (QED) is 0.718. The lowest BCUT2D eigenvalue weighted by Gasteiger charge is -2.33. The molecule has 122 valence electrons. The van der Waals surface area contributed by atoms with E-state index in [0.29, 0.717) is 37.1 Å². The van der Waals surface area contributed by atoms with Crippen LogP contribution in [0.1, 0.15) is 28.2 Å². The van der Waals surface area contributed by atoms with Crippen LogP contribution in [0.4, 0.5) is 0 Å².